The zero-order valence-corrected chi connectivity index (χ0v) is 11.9. The lowest BCUT2D eigenvalue weighted by molar-refractivity contribution is -0.149. The number of benzene rings is 1. The van der Waals surface area contributed by atoms with Crippen LogP contribution in [0.15, 0.2) is 24.3 Å². The number of anilines is 1. The van der Waals surface area contributed by atoms with Gasteiger partial charge in [0.2, 0.25) is 5.78 Å². The Bertz CT molecular complexity index is 569. The molecule has 0 aromatic heterocycles. The van der Waals surface area contributed by atoms with Crippen LogP contribution in [0.1, 0.15) is 20.3 Å². The van der Waals surface area contributed by atoms with Gasteiger partial charge in [0.05, 0.1) is 13.0 Å². The summed E-state index contributed by atoms with van der Waals surface area (Å²) in [6, 6.07) is 6.38. The summed E-state index contributed by atoms with van der Waals surface area (Å²) in [6.07, 6.45) is -0.187. The highest BCUT2D eigenvalue weighted by Gasteiger charge is 2.54. The third-order valence-corrected chi connectivity index (χ3v) is 3.49. The molecule has 0 aliphatic carbocycles. The number of amides is 1. The van der Waals surface area contributed by atoms with Gasteiger partial charge in [-0.05, 0) is 38.1 Å². The molecule has 1 aromatic rings. The van der Waals surface area contributed by atoms with E-state index in [0.29, 0.717) is 10.7 Å². The molecule has 1 saturated heterocycles. The number of esters is 1. The second-order valence-electron chi connectivity index (χ2n) is 4.71. The minimum atomic E-state index is -1.31. The topological polar surface area (TPSA) is 63.7 Å². The predicted molar refractivity (Wildman–Crippen MR) is 73.6 cm³/mol. The molecule has 1 fully saturated rings. The third-order valence-electron chi connectivity index (χ3n) is 3.24. The highest BCUT2D eigenvalue weighted by atomic mass is 35.5. The van der Waals surface area contributed by atoms with Crippen LogP contribution in [0.2, 0.25) is 5.02 Å². The molecule has 1 aliphatic heterocycles. The monoisotopic (exact) mass is 295 g/mol. The Labute approximate surface area is 121 Å². The van der Waals surface area contributed by atoms with Crippen molar-refractivity contribution in [2.24, 2.45) is 0 Å². The van der Waals surface area contributed by atoms with Crippen molar-refractivity contribution in [3.05, 3.63) is 29.3 Å². The van der Waals surface area contributed by atoms with Crippen molar-refractivity contribution < 1.29 is 19.1 Å². The first kappa shape index (κ1) is 14.5. The summed E-state index contributed by atoms with van der Waals surface area (Å²) >= 11 is 5.80. The Kier molecular flexibility index (Phi) is 3.81. The molecule has 5 nitrogen and oxygen atoms in total. The van der Waals surface area contributed by atoms with Crippen LogP contribution in [0.5, 0.6) is 0 Å². The van der Waals surface area contributed by atoms with E-state index in [9.17, 15) is 14.4 Å². The van der Waals surface area contributed by atoms with Gasteiger partial charge in [-0.3, -0.25) is 14.5 Å². The molecular weight excluding hydrogens is 282 g/mol. The van der Waals surface area contributed by atoms with Crippen LogP contribution in [0.25, 0.3) is 0 Å². The number of carbonyl (C=O) groups is 3. The predicted octanol–water partition coefficient (Wildman–Crippen LogP) is 1.97. The van der Waals surface area contributed by atoms with Gasteiger partial charge in [0.1, 0.15) is 5.54 Å². The van der Waals surface area contributed by atoms with Crippen molar-refractivity contribution in [3.8, 4) is 0 Å². The summed E-state index contributed by atoms with van der Waals surface area (Å²) in [5.41, 5.74) is -0.862. The van der Waals surface area contributed by atoms with Gasteiger partial charge in [-0.1, -0.05) is 11.6 Å². The second-order valence-corrected chi connectivity index (χ2v) is 5.15. The van der Waals surface area contributed by atoms with Crippen LogP contribution in [-0.4, -0.2) is 29.8 Å². The number of nitrogens with zero attached hydrogens (tertiary/aromatic N) is 1. The van der Waals surface area contributed by atoms with Crippen molar-refractivity contribution in [1.29, 1.82) is 0 Å². The van der Waals surface area contributed by atoms with E-state index < -0.39 is 23.2 Å². The van der Waals surface area contributed by atoms with Crippen molar-refractivity contribution in [2.45, 2.75) is 25.8 Å². The normalized spacial score (nSPS) is 22.2. The second kappa shape index (κ2) is 5.25. The third kappa shape index (κ3) is 2.29. The largest absolute Gasteiger partial charge is 0.464 e. The molecule has 106 valence electrons. The van der Waals surface area contributed by atoms with Gasteiger partial charge in [0.15, 0.2) is 0 Å². The SMILES string of the molecule is CCOC(=O)C1(C)CC(=O)C(=O)N1c1ccc(Cl)cc1. The average Bonchev–Trinajstić information content (AvgIpc) is 2.63. The molecule has 1 aromatic carbocycles. The molecule has 0 bridgehead atoms. The Balaban J connectivity index is 2.45. The fourth-order valence-electron chi connectivity index (χ4n) is 2.26. The Morgan fingerprint density at radius 3 is 2.50 bits per heavy atom. The first-order chi connectivity index (χ1) is 9.40. The van der Waals surface area contributed by atoms with Crippen LogP contribution >= 0.6 is 11.6 Å². The van der Waals surface area contributed by atoms with Crippen LogP contribution < -0.4 is 4.90 Å². The maximum Gasteiger partial charge on any atom is 0.332 e. The first-order valence-corrected chi connectivity index (χ1v) is 6.58. The minimum absolute atomic E-state index is 0.186. The number of ether oxygens (including phenoxy) is 1. The molecule has 2 rings (SSSR count). The van der Waals surface area contributed by atoms with Crippen LogP contribution in [-0.2, 0) is 19.1 Å². The van der Waals surface area contributed by atoms with Gasteiger partial charge < -0.3 is 4.74 Å². The number of carbonyl (C=O) groups excluding carboxylic acids is 3. The van der Waals surface area contributed by atoms with E-state index in [4.69, 9.17) is 16.3 Å². The number of rotatable bonds is 3. The van der Waals surface area contributed by atoms with E-state index in [1.165, 1.54) is 11.8 Å². The van der Waals surface area contributed by atoms with E-state index in [0.717, 1.165) is 0 Å². The molecular formula is C14H14ClNO4. The average molecular weight is 296 g/mol. The lowest BCUT2D eigenvalue weighted by Gasteiger charge is -2.31. The molecule has 0 saturated carbocycles. The summed E-state index contributed by atoms with van der Waals surface area (Å²) in [6.45, 7) is 3.39. The smallest absolute Gasteiger partial charge is 0.332 e. The minimum Gasteiger partial charge on any atom is -0.464 e. The molecule has 0 N–H and O–H groups in total. The molecule has 6 heteroatoms. The number of Topliss-reactive ketones (excluding diaryl/α,β-unsaturated/α-hetero) is 1. The Hall–Kier alpha value is -1.88. The van der Waals surface area contributed by atoms with Gasteiger partial charge in [-0.2, -0.15) is 0 Å². The van der Waals surface area contributed by atoms with Gasteiger partial charge in [0, 0.05) is 10.7 Å². The summed E-state index contributed by atoms with van der Waals surface area (Å²) in [7, 11) is 0. The van der Waals surface area contributed by atoms with E-state index in [1.54, 1.807) is 31.2 Å². The quantitative estimate of drug-likeness (QED) is 0.632. The van der Waals surface area contributed by atoms with Crippen molar-refractivity contribution in [1.82, 2.24) is 0 Å². The summed E-state index contributed by atoms with van der Waals surface area (Å²) < 4.78 is 4.99. The Morgan fingerprint density at radius 1 is 1.35 bits per heavy atom. The maximum atomic E-state index is 12.1. The first-order valence-electron chi connectivity index (χ1n) is 6.20. The molecule has 1 unspecified atom stereocenters. The van der Waals surface area contributed by atoms with E-state index in [2.05, 4.69) is 0 Å². The number of hydrogen-bond donors (Lipinski definition) is 0. The summed E-state index contributed by atoms with van der Waals surface area (Å²) in [5.74, 6) is -1.90. The summed E-state index contributed by atoms with van der Waals surface area (Å²) in [5, 5.41) is 0.504. The molecule has 1 heterocycles. The molecule has 1 atom stereocenters. The van der Waals surface area contributed by atoms with E-state index in [1.807, 2.05) is 0 Å². The fraction of sp³-hybridized carbons (Fsp3) is 0.357. The van der Waals surface area contributed by atoms with Gasteiger partial charge in [0.25, 0.3) is 5.91 Å². The van der Waals surface area contributed by atoms with E-state index >= 15 is 0 Å². The lowest BCUT2D eigenvalue weighted by atomic mass is 9.98. The van der Waals surface area contributed by atoms with Crippen LogP contribution in [0, 0.1) is 0 Å². The summed E-state index contributed by atoms with van der Waals surface area (Å²) in [4.78, 5) is 37.1. The lowest BCUT2D eigenvalue weighted by Crippen LogP contribution is -2.50. The zero-order chi connectivity index (χ0) is 14.9. The number of ketones is 1. The van der Waals surface area contributed by atoms with Crippen molar-refractivity contribution in [2.75, 3.05) is 11.5 Å². The molecule has 0 radical (unpaired) electrons. The molecule has 1 amide bonds. The van der Waals surface area contributed by atoms with Gasteiger partial charge >= 0.3 is 5.97 Å². The molecule has 0 spiro atoms. The highest BCUT2D eigenvalue weighted by Crippen LogP contribution is 2.34. The fourth-order valence-corrected chi connectivity index (χ4v) is 2.38. The highest BCUT2D eigenvalue weighted by molar-refractivity contribution is 6.46. The van der Waals surface area contributed by atoms with E-state index in [-0.39, 0.29) is 13.0 Å². The molecule has 1 aliphatic rings. The standard InChI is InChI=1S/C14H14ClNO4/c1-3-20-13(19)14(2)8-11(17)12(18)16(14)10-6-4-9(15)5-7-10/h4-7H,3,8H2,1-2H3. The van der Waals surface area contributed by atoms with Crippen LogP contribution in [0.4, 0.5) is 5.69 Å². The number of halogens is 1. The van der Waals surface area contributed by atoms with Crippen molar-refractivity contribution in [3.63, 3.8) is 0 Å². The van der Waals surface area contributed by atoms with Gasteiger partial charge in [-0.15, -0.1) is 0 Å². The van der Waals surface area contributed by atoms with Crippen molar-refractivity contribution >= 4 is 34.9 Å². The maximum absolute atomic E-state index is 12.1. The Morgan fingerprint density at radius 2 is 1.95 bits per heavy atom. The van der Waals surface area contributed by atoms with Gasteiger partial charge in [-0.25, -0.2) is 4.79 Å². The molecule has 20 heavy (non-hydrogen) atoms. The van der Waals surface area contributed by atoms with Crippen LogP contribution in [0.3, 0.4) is 0 Å². The number of hydrogen-bond acceptors (Lipinski definition) is 4. The zero-order valence-electron chi connectivity index (χ0n) is 11.2.